The summed E-state index contributed by atoms with van der Waals surface area (Å²) in [6.07, 6.45) is -6.79. The van der Waals surface area contributed by atoms with Crippen LogP contribution in [0.3, 0.4) is 0 Å². The van der Waals surface area contributed by atoms with Crippen molar-refractivity contribution in [2.45, 2.75) is 77.3 Å². The highest BCUT2D eigenvalue weighted by Crippen LogP contribution is 2.36. The first-order valence-corrected chi connectivity index (χ1v) is 16.0. The van der Waals surface area contributed by atoms with Crippen LogP contribution in [0.4, 0.5) is 31.1 Å². The number of amides is 2. The van der Waals surface area contributed by atoms with E-state index < -0.39 is 51.3 Å². The molecule has 250 valence electrons. The fraction of sp³-hybridized carbons (Fsp3) is 0.533. The molecule has 2 aromatic carbocycles. The Morgan fingerprint density at radius 3 is 2.02 bits per heavy atom. The summed E-state index contributed by atoms with van der Waals surface area (Å²) in [5, 5.41) is 2.76. The lowest BCUT2D eigenvalue weighted by Crippen LogP contribution is -2.45. The Bertz CT molecular complexity index is 1360. The standard InChI is InChI=1S/C30H37F6N3O5S/c1-3-7-20(2)37-28(41)44-19-23-12-10-22(11-13-23)18-39(17-21-8-5-4-6-9-21)45(42,43)38-27(40)24-14-25(29(31,32)33)16-26(15-24)30(34,35)36/h4-6,8-9,14-16,20,22-23H,3,7,10-13,17-19H2,1-2H3,(H,37,41)(H,38,40). The van der Waals surface area contributed by atoms with E-state index in [-0.39, 0.29) is 55.8 Å². The van der Waals surface area contributed by atoms with E-state index in [1.54, 1.807) is 35.1 Å². The first kappa shape index (κ1) is 36.1. The number of nitrogens with zero attached hydrogens (tertiary/aromatic N) is 1. The van der Waals surface area contributed by atoms with Crippen molar-refractivity contribution in [3.8, 4) is 0 Å². The van der Waals surface area contributed by atoms with Crippen LogP contribution in [0.15, 0.2) is 48.5 Å². The predicted molar refractivity (Wildman–Crippen MR) is 154 cm³/mol. The molecule has 3 rings (SSSR count). The number of carbonyl (C=O) groups excluding carboxylic acids is 2. The fourth-order valence-electron chi connectivity index (χ4n) is 5.17. The van der Waals surface area contributed by atoms with Gasteiger partial charge in [-0.05, 0) is 74.6 Å². The Kier molecular flexibility index (Phi) is 12.3. The smallest absolute Gasteiger partial charge is 0.416 e. The molecule has 0 radical (unpaired) electrons. The number of halogens is 6. The summed E-state index contributed by atoms with van der Waals surface area (Å²) in [5.41, 5.74) is -4.03. The van der Waals surface area contributed by atoms with Gasteiger partial charge in [-0.1, -0.05) is 43.7 Å². The lowest BCUT2D eigenvalue weighted by molar-refractivity contribution is -0.143. The molecular formula is C30H37F6N3O5S. The molecule has 2 aromatic rings. The molecule has 0 aliphatic heterocycles. The summed E-state index contributed by atoms with van der Waals surface area (Å²) < 4.78 is 115. The summed E-state index contributed by atoms with van der Waals surface area (Å²) in [5.74, 6) is -1.73. The molecule has 1 fully saturated rings. The van der Waals surface area contributed by atoms with E-state index in [9.17, 15) is 44.3 Å². The van der Waals surface area contributed by atoms with Crippen LogP contribution in [-0.4, -0.2) is 43.9 Å². The van der Waals surface area contributed by atoms with Crippen LogP contribution in [0, 0.1) is 11.8 Å². The Hall–Kier alpha value is -3.33. The van der Waals surface area contributed by atoms with Gasteiger partial charge in [0.25, 0.3) is 5.91 Å². The number of nitrogens with one attached hydrogen (secondary N) is 2. The van der Waals surface area contributed by atoms with Crippen molar-refractivity contribution >= 4 is 22.2 Å². The van der Waals surface area contributed by atoms with Gasteiger partial charge in [0, 0.05) is 24.7 Å². The van der Waals surface area contributed by atoms with Crippen molar-refractivity contribution in [1.29, 1.82) is 0 Å². The lowest BCUT2D eigenvalue weighted by Gasteiger charge is -2.32. The quantitative estimate of drug-likeness (QED) is 0.240. The van der Waals surface area contributed by atoms with Crippen molar-refractivity contribution in [2.75, 3.05) is 13.2 Å². The maximum absolute atomic E-state index is 13.4. The number of rotatable bonds is 12. The second-order valence-electron chi connectivity index (χ2n) is 11.3. The molecule has 0 aromatic heterocycles. The molecule has 1 atom stereocenters. The van der Waals surface area contributed by atoms with Crippen LogP contribution in [0.2, 0.25) is 0 Å². The average Bonchev–Trinajstić information content (AvgIpc) is 2.95. The van der Waals surface area contributed by atoms with Crippen molar-refractivity contribution in [3.63, 3.8) is 0 Å². The first-order chi connectivity index (χ1) is 21.0. The predicted octanol–water partition coefficient (Wildman–Crippen LogP) is 6.92. The van der Waals surface area contributed by atoms with Crippen molar-refractivity contribution < 1.29 is 49.1 Å². The molecule has 2 amide bonds. The monoisotopic (exact) mass is 665 g/mol. The second kappa shape index (κ2) is 15.3. The van der Waals surface area contributed by atoms with Gasteiger partial charge in [-0.3, -0.25) is 4.79 Å². The topological polar surface area (TPSA) is 105 Å². The Balaban J connectivity index is 1.72. The van der Waals surface area contributed by atoms with Crippen LogP contribution in [0.5, 0.6) is 0 Å². The van der Waals surface area contributed by atoms with Gasteiger partial charge < -0.3 is 10.1 Å². The number of carbonyl (C=O) groups is 2. The minimum atomic E-state index is -5.21. The third-order valence-corrected chi connectivity index (χ3v) is 8.98. The van der Waals surface area contributed by atoms with Crippen molar-refractivity contribution in [3.05, 3.63) is 70.8 Å². The molecule has 0 bridgehead atoms. The van der Waals surface area contributed by atoms with E-state index >= 15 is 0 Å². The van der Waals surface area contributed by atoms with Gasteiger partial charge in [0.05, 0.1) is 17.7 Å². The summed E-state index contributed by atoms with van der Waals surface area (Å²) in [6, 6.07) is 8.54. The normalized spacial score (nSPS) is 18.3. The fourth-order valence-corrected chi connectivity index (χ4v) is 6.38. The number of hydrogen-bond acceptors (Lipinski definition) is 5. The summed E-state index contributed by atoms with van der Waals surface area (Å²) in [7, 11) is -4.72. The zero-order valence-electron chi connectivity index (χ0n) is 24.9. The molecule has 45 heavy (non-hydrogen) atoms. The number of ether oxygens (including phenoxy) is 1. The van der Waals surface area contributed by atoms with Crippen LogP contribution in [-0.2, 0) is 33.8 Å². The molecule has 1 saturated carbocycles. The minimum absolute atomic E-state index is 0.0171. The third kappa shape index (κ3) is 11.2. The van der Waals surface area contributed by atoms with E-state index in [1.165, 1.54) is 0 Å². The first-order valence-electron chi connectivity index (χ1n) is 14.6. The number of hydrogen-bond donors (Lipinski definition) is 2. The summed E-state index contributed by atoms with van der Waals surface area (Å²) in [6.45, 7) is 3.84. The lowest BCUT2D eigenvalue weighted by atomic mass is 9.82. The summed E-state index contributed by atoms with van der Waals surface area (Å²) in [4.78, 5) is 24.9. The Labute approximate surface area is 258 Å². The Morgan fingerprint density at radius 2 is 1.49 bits per heavy atom. The van der Waals surface area contributed by atoms with E-state index in [0.29, 0.717) is 31.2 Å². The zero-order chi connectivity index (χ0) is 33.4. The highest BCUT2D eigenvalue weighted by atomic mass is 32.2. The number of alkyl carbamates (subject to hydrolysis) is 1. The molecule has 1 unspecified atom stereocenters. The SMILES string of the molecule is CCCC(C)NC(=O)OCC1CCC(CN(Cc2ccccc2)S(=O)(=O)NC(=O)c2cc(C(F)(F)F)cc(C(F)(F)F)c2)CC1. The second-order valence-corrected chi connectivity index (χ2v) is 13.0. The van der Waals surface area contributed by atoms with E-state index in [0.717, 1.165) is 17.1 Å². The highest BCUT2D eigenvalue weighted by Gasteiger charge is 2.38. The molecule has 15 heteroatoms. The van der Waals surface area contributed by atoms with Gasteiger partial charge in [-0.2, -0.15) is 39.1 Å². The van der Waals surface area contributed by atoms with Crippen LogP contribution >= 0.6 is 0 Å². The maximum Gasteiger partial charge on any atom is 0.416 e. The van der Waals surface area contributed by atoms with Gasteiger partial charge in [0.2, 0.25) is 0 Å². The Morgan fingerprint density at radius 1 is 0.933 bits per heavy atom. The van der Waals surface area contributed by atoms with E-state index in [4.69, 9.17) is 4.74 Å². The van der Waals surface area contributed by atoms with Gasteiger partial charge in [-0.15, -0.1) is 0 Å². The third-order valence-electron chi connectivity index (χ3n) is 7.58. The highest BCUT2D eigenvalue weighted by molar-refractivity contribution is 7.87. The number of benzene rings is 2. The van der Waals surface area contributed by atoms with Gasteiger partial charge in [0.15, 0.2) is 0 Å². The minimum Gasteiger partial charge on any atom is -0.449 e. The number of alkyl halides is 6. The zero-order valence-corrected chi connectivity index (χ0v) is 25.7. The molecule has 2 N–H and O–H groups in total. The van der Waals surface area contributed by atoms with Crippen LogP contribution < -0.4 is 10.0 Å². The molecule has 1 aliphatic carbocycles. The summed E-state index contributed by atoms with van der Waals surface area (Å²) >= 11 is 0. The van der Waals surface area contributed by atoms with Crippen LogP contribution in [0.1, 0.15) is 79.4 Å². The molecule has 0 heterocycles. The molecular weight excluding hydrogens is 628 g/mol. The average molecular weight is 666 g/mol. The van der Waals surface area contributed by atoms with Crippen LogP contribution in [0.25, 0.3) is 0 Å². The van der Waals surface area contributed by atoms with Crippen molar-refractivity contribution in [1.82, 2.24) is 14.3 Å². The van der Waals surface area contributed by atoms with Gasteiger partial charge in [-0.25, -0.2) is 9.52 Å². The largest absolute Gasteiger partial charge is 0.449 e. The van der Waals surface area contributed by atoms with Gasteiger partial charge >= 0.3 is 28.7 Å². The van der Waals surface area contributed by atoms with E-state index in [2.05, 4.69) is 5.32 Å². The molecule has 1 aliphatic rings. The van der Waals surface area contributed by atoms with Crippen molar-refractivity contribution in [2.24, 2.45) is 11.8 Å². The maximum atomic E-state index is 13.4. The molecule has 0 spiro atoms. The molecule has 0 saturated heterocycles. The molecule has 8 nitrogen and oxygen atoms in total. The van der Waals surface area contributed by atoms with E-state index in [1.807, 2.05) is 13.8 Å². The van der Waals surface area contributed by atoms with Gasteiger partial charge in [0.1, 0.15) is 0 Å².